The van der Waals surface area contributed by atoms with E-state index < -0.39 is 5.82 Å². The van der Waals surface area contributed by atoms with Gasteiger partial charge in [-0.2, -0.15) is 5.10 Å². The summed E-state index contributed by atoms with van der Waals surface area (Å²) in [5, 5.41) is 10.8. The molecule has 6 aliphatic rings. The Bertz CT molecular complexity index is 2040. The molecule has 0 saturated heterocycles. The summed E-state index contributed by atoms with van der Waals surface area (Å²) in [5.74, 6) is 2.89. The molecule has 55 heavy (non-hydrogen) atoms. The number of hydrogen-bond donors (Lipinski definition) is 2. The van der Waals surface area contributed by atoms with Gasteiger partial charge in [0.05, 0.1) is 23.8 Å². The van der Waals surface area contributed by atoms with Crippen LogP contribution in [0.1, 0.15) is 130 Å². The van der Waals surface area contributed by atoms with Crippen LogP contribution in [0.4, 0.5) is 15.8 Å². The van der Waals surface area contributed by atoms with Crippen LogP contribution in [-0.4, -0.2) is 57.2 Å². The van der Waals surface area contributed by atoms with Crippen LogP contribution in [0.5, 0.6) is 0 Å². The molecule has 4 aliphatic carbocycles. The van der Waals surface area contributed by atoms with Crippen LogP contribution in [0, 0.1) is 40.3 Å². The minimum absolute atomic E-state index is 0.0293. The van der Waals surface area contributed by atoms with E-state index in [4.69, 9.17) is 4.74 Å². The number of carbonyl (C=O) groups is 3. The van der Waals surface area contributed by atoms with Crippen molar-refractivity contribution >= 4 is 34.6 Å². The second-order valence-electron chi connectivity index (χ2n) is 17.9. The van der Waals surface area contributed by atoms with Crippen molar-refractivity contribution in [3.05, 3.63) is 71.1 Å². The second kappa shape index (κ2) is 14.0. The number of amides is 1. The van der Waals surface area contributed by atoms with Gasteiger partial charge in [-0.15, -0.1) is 0 Å². The van der Waals surface area contributed by atoms with Gasteiger partial charge in [-0.1, -0.05) is 26.0 Å². The maximum absolute atomic E-state index is 14.7. The monoisotopic (exact) mass is 748 g/mol. The molecule has 11 heteroatoms. The van der Waals surface area contributed by atoms with Crippen molar-refractivity contribution < 1.29 is 23.5 Å². The van der Waals surface area contributed by atoms with Crippen molar-refractivity contribution in [1.29, 1.82) is 0 Å². The average molecular weight is 749 g/mol. The number of rotatable bonds is 9. The van der Waals surface area contributed by atoms with Gasteiger partial charge < -0.3 is 15.4 Å². The predicted molar refractivity (Wildman–Crippen MR) is 208 cm³/mol. The van der Waals surface area contributed by atoms with E-state index in [2.05, 4.69) is 39.6 Å². The maximum atomic E-state index is 14.7. The van der Waals surface area contributed by atoms with Gasteiger partial charge in [0.1, 0.15) is 30.3 Å². The highest BCUT2D eigenvalue weighted by molar-refractivity contribution is 6.21. The van der Waals surface area contributed by atoms with E-state index in [0.717, 1.165) is 55.9 Å². The number of nitrogens with zero attached hydrogens (tertiary/aromatic N) is 4. The average Bonchev–Trinajstić information content (AvgIpc) is 3.74. The zero-order valence-corrected chi connectivity index (χ0v) is 32.3. The first kappa shape index (κ1) is 36.4. The summed E-state index contributed by atoms with van der Waals surface area (Å²) < 4.78 is 23.0. The van der Waals surface area contributed by atoms with Gasteiger partial charge in [0.25, 0.3) is 0 Å². The number of hydrogen-bond acceptors (Lipinski definition) is 8. The zero-order chi connectivity index (χ0) is 38.1. The van der Waals surface area contributed by atoms with E-state index in [1.807, 2.05) is 31.3 Å². The quantitative estimate of drug-likeness (QED) is 0.212. The summed E-state index contributed by atoms with van der Waals surface area (Å²) in [4.78, 5) is 47.3. The van der Waals surface area contributed by atoms with Crippen LogP contribution < -0.4 is 10.6 Å². The maximum Gasteiger partial charge on any atom is 0.224 e. The first-order valence-corrected chi connectivity index (χ1v) is 20.6. The number of ketones is 2. The van der Waals surface area contributed by atoms with Crippen LogP contribution in [0.25, 0.3) is 0 Å². The smallest absolute Gasteiger partial charge is 0.224 e. The lowest BCUT2D eigenvalue weighted by atomic mass is 9.45. The molecule has 290 valence electrons. The van der Waals surface area contributed by atoms with E-state index in [-0.39, 0.29) is 35.6 Å². The Kier molecular flexibility index (Phi) is 9.29. The van der Waals surface area contributed by atoms with Crippen LogP contribution in [0.2, 0.25) is 0 Å². The number of unbranched alkanes of at least 4 members (excludes halogenated alkanes) is 1. The number of anilines is 2. The molecule has 0 bridgehead atoms. The van der Waals surface area contributed by atoms with Gasteiger partial charge in [-0.3, -0.25) is 24.1 Å². The normalized spacial score (nSPS) is 33.5. The summed E-state index contributed by atoms with van der Waals surface area (Å²) in [6.45, 7) is 5.64. The lowest BCUT2D eigenvalue weighted by molar-refractivity contribution is -0.145. The van der Waals surface area contributed by atoms with Crippen LogP contribution in [0.15, 0.2) is 47.7 Å². The van der Waals surface area contributed by atoms with E-state index in [9.17, 15) is 18.8 Å². The predicted octanol–water partition coefficient (Wildman–Crippen LogP) is 8.00. The van der Waals surface area contributed by atoms with Gasteiger partial charge in [0, 0.05) is 55.4 Å². The molecule has 9 rings (SSSR count). The molecule has 3 heterocycles. The van der Waals surface area contributed by atoms with Crippen LogP contribution >= 0.6 is 0 Å². The van der Waals surface area contributed by atoms with E-state index in [0.29, 0.717) is 76.2 Å². The molecule has 2 aromatic carbocycles. The van der Waals surface area contributed by atoms with Gasteiger partial charge >= 0.3 is 0 Å². The Morgan fingerprint density at radius 1 is 1.02 bits per heavy atom. The van der Waals surface area contributed by atoms with Crippen molar-refractivity contribution in [2.75, 3.05) is 23.8 Å². The number of ether oxygens (including phenoxy) is 1. The summed E-state index contributed by atoms with van der Waals surface area (Å²) in [5.41, 5.74) is 4.34. The molecule has 0 spiro atoms. The zero-order valence-electron chi connectivity index (χ0n) is 32.3. The number of nitrogens with one attached hydrogen (secondary N) is 2. The Hall–Kier alpha value is -4.25. The molecular formula is C44H53FN6O4. The first-order chi connectivity index (χ1) is 26.5. The highest BCUT2D eigenvalue weighted by Gasteiger charge is 2.60. The van der Waals surface area contributed by atoms with Crippen molar-refractivity contribution in [2.24, 2.45) is 46.5 Å². The van der Waals surface area contributed by atoms with Gasteiger partial charge in [-0.05, 0) is 122 Å². The third-order valence-corrected chi connectivity index (χ3v) is 15.1. The summed E-state index contributed by atoms with van der Waals surface area (Å²) in [7, 11) is 1.82. The van der Waals surface area contributed by atoms with Crippen molar-refractivity contribution in [3.8, 4) is 0 Å². The number of halogens is 1. The number of benzene rings is 2. The Morgan fingerprint density at radius 2 is 1.84 bits per heavy atom. The SMILES string of the molecule is Cn1ncnc1[C@H]1C2=NCC(=O)c3cc(F)cc(c32)N[C@@H]1c1ccc(NC(=O)CCCCOC2CC[C@H]3[C@@H]4CC[C@H]5CC(=O)CC[C@]5(C)[C@H]4CC[C@]23C)cc1. The molecule has 4 fully saturated rings. The number of fused-ring (bicyclic) bond motifs is 5. The van der Waals surface area contributed by atoms with Gasteiger partial charge in [0.2, 0.25) is 5.91 Å². The number of Topliss-reactive ketones (excluding diaryl/α,β-unsaturated/α-hetero) is 2. The van der Waals surface area contributed by atoms with Crippen molar-refractivity contribution in [2.45, 2.75) is 109 Å². The molecule has 1 aromatic heterocycles. The molecule has 3 aromatic rings. The third kappa shape index (κ3) is 6.25. The lowest BCUT2D eigenvalue weighted by Gasteiger charge is -2.60. The second-order valence-corrected chi connectivity index (χ2v) is 17.9. The van der Waals surface area contributed by atoms with Crippen molar-refractivity contribution in [3.63, 3.8) is 0 Å². The van der Waals surface area contributed by atoms with Crippen LogP contribution in [-0.2, 0) is 21.4 Å². The van der Waals surface area contributed by atoms with Gasteiger partial charge in [-0.25, -0.2) is 9.37 Å². The molecular weight excluding hydrogens is 696 g/mol. The summed E-state index contributed by atoms with van der Waals surface area (Å²) >= 11 is 0. The molecule has 10 nitrogen and oxygen atoms in total. The Morgan fingerprint density at radius 3 is 2.64 bits per heavy atom. The van der Waals surface area contributed by atoms with E-state index in [1.165, 1.54) is 50.6 Å². The fraction of sp³-hybridized carbons (Fsp3) is 0.591. The molecule has 1 amide bonds. The molecule has 2 N–H and O–H groups in total. The first-order valence-electron chi connectivity index (χ1n) is 20.6. The number of aryl methyl sites for hydroxylation is 1. The molecule has 4 saturated carbocycles. The van der Waals surface area contributed by atoms with Crippen LogP contribution in [0.3, 0.4) is 0 Å². The summed E-state index contributed by atoms with van der Waals surface area (Å²) in [6, 6.07) is 10.0. The van der Waals surface area contributed by atoms with Crippen molar-refractivity contribution in [1.82, 2.24) is 14.8 Å². The summed E-state index contributed by atoms with van der Waals surface area (Å²) in [6.07, 6.45) is 13.9. The largest absolute Gasteiger partial charge is 0.378 e. The number of aliphatic imine (C=N–C) groups is 1. The standard InChI is InChI=1S/C44H53FN6O4/c1-43-17-15-29(52)20-26(43)9-12-30-32-13-14-36(44(32,2)18-16-33(30)43)55-19-5-4-6-37(54)49-28-10-7-25(8-11-28)40-39(42-47-24-48-51(42)3)41-38-31(35(53)23-46-41)21-27(45)22-34(38)50-40/h7-8,10-11,21-22,24,26,30,32-33,36,39-40,50H,4-6,9,12-20,23H2,1-3H3,(H,49,54)/t26-,30-,32-,33-,36?,39+,40+,43-,44-/m0/s1. The Labute approximate surface area is 322 Å². The number of aromatic nitrogens is 3. The fourth-order valence-electron chi connectivity index (χ4n) is 12.2. The minimum atomic E-state index is -0.480. The molecule has 9 atom stereocenters. The molecule has 2 aliphatic heterocycles. The lowest BCUT2D eigenvalue weighted by Crippen LogP contribution is -2.54. The topological polar surface area (TPSA) is 128 Å². The molecule has 1 unspecified atom stereocenters. The number of carbonyl (C=O) groups excluding carboxylic acids is 3. The molecule has 0 radical (unpaired) electrons. The Balaban J connectivity index is 0.788. The van der Waals surface area contributed by atoms with Gasteiger partial charge in [0.15, 0.2) is 5.78 Å². The third-order valence-electron chi connectivity index (χ3n) is 15.1. The fourth-order valence-corrected chi connectivity index (χ4v) is 12.2. The highest BCUT2D eigenvalue weighted by atomic mass is 19.1. The minimum Gasteiger partial charge on any atom is -0.378 e. The van der Waals surface area contributed by atoms with E-state index >= 15 is 0 Å². The highest BCUT2D eigenvalue weighted by Crippen LogP contribution is 2.66. The van der Waals surface area contributed by atoms with E-state index in [1.54, 1.807) is 4.68 Å².